The maximum Gasteiger partial charge on any atom is 0.292 e. The predicted molar refractivity (Wildman–Crippen MR) is 79.3 cm³/mol. The number of hydrogen-bond acceptors (Lipinski definition) is 4. The largest absolute Gasteiger partial charge is 0.378 e. The van der Waals surface area contributed by atoms with Gasteiger partial charge in [-0.15, -0.1) is 0 Å². The summed E-state index contributed by atoms with van der Waals surface area (Å²) in [6.07, 6.45) is 1.02. The summed E-state index contributed by atoms with van der Waals surface area (Å²) in [7, 11) is 0. The minimum absolute atomic E-state index is 0.0464. The molecule has 1 aromatic carbocycles. The normalized spacial score (nSPS) is 24.0. The van der Waals surface area contributed by atoms with Crippen LogP contribution in [0.25, 0.3) is 0 Å². The fraction of sp³-hybridized carbons (Fsp3) is 0.571. The number of nitrogens with zero attached hydrogens (tertiary/aromatic N) is 1. The third-order valence-electron chi connectivity index (χ3n) is 4.03. The van der Waals surface area contributed by atoms with E-state index in [1.54, 1.807) is 6.07 Å². The summed E-state index contributed by atoms with van der Waals surface area (Å²) in [5.74, 6) is 0. The van der Waals surface area contributed by atoms with E-state index in [4.69, 9.17) is 16.3 Å². The molecule has 1 saturated carbocycles. The zero-order valence-electron chi connectivity index (χ0n) is 11.9. The lowest BCUT2D eigenvalue weighted by atomic mass is 9.64. The van der Waals surface area contributed by atoms with Crippen LogP contribution in [-0.4, -0.2) is 23.7 Å². The molecule has 1 aliphatic carbocycles. The fourth-order valence-corrected chi connectivity index (χ4v) is 2.76. The van der Waals surface area contributed by atoms with E-state index in [0.717, 1.165) is 6.42 Å². The summed E-state index contributed by atoms with van der Waals surface area (Å²) in [5.41, 5.74) is 0.451. The van der Waals surface area contributed by atoms with Crippen LogP contribution in [0.3, 0.4) is 0 Å². The van der Waals surface area contributed by atoms with Crippen molar-refractivity contribution in [3.63, 3.8) is 0 Å². The molecular weight excluding hydrogens is 280 g/mol. The number of nitro groups is 1. The lowest BCUT2D eigenvalue weighted by molar-refractivity contribution is -0.384. The molecule has 0 amide bonds. The Morgan fingerprint density at radius 1 is 1.55 bits per heavy atom. The van der Waals surface area contributed by atoms with Crippen molar-refractivity contribution >= 4 is 23.0 Å². The van der Waals surface area contributed by atoms with Crippen molar-refractivity contribution in [3.8, 4) is 0 Å². The quantitative estimate of drug-likeness (QED) is 0.662. The van der Waals surface area contributed by atoms with Gasteiger partial charge in [-0.3, -0.25) is 10.1 Å². The number of benzene rings is 1. The molecule has 20 heavy (non-hydrogen) atoms. The van der Waals surface area contributed by atoms with Crippen LogP contribution in [0.1, 0.15) is 27.2 Å². The number of ether oxygens (including phenoxy) is 1. The molecule has 1 aliphatic rings. The van der Waals surface area contributed by atoms with E-state index in [0.29, 0.717) is 17.3 Å². The van der Waals surface area contributed by atoms with Crippen LogP contribution in [0, 0.1) is 15.5 Å². The van der Waals surface area contributed by atoms with Crippen molar-refractivity contribution in [1.29, 1.82) is 0 Å². The molecule has 0 aliphatic heterocycles. The highest BCUT2D eigenvalue weighted by Crippen LogP contribution is 2.45. The average molecular weight is 299 g/mol. The highest BCUT2D eigenvalue weighted by molar-refractivity contribution is 6.31. The van der Waals surface area contributed by atoms with Crippen molar-refractivity contribution in [1.82, 2.24) is 0 Å². The lowest BCUT2D eigenvalue weighted by Gasteiger charge is -2.51. The first-order chi connectivity index (χ1) is 9.36. The van der Waals surface area contributed by atoms with Crippen LogP contribution < -0.4 is 5.32 Å². The van der Waals surface area contributed by atoms with Gasteiger partial charge in [0.15, 0.2) is 0 Å². The second-order valence-corrected chi connectivity index (χ2v) is 6.05. The van der Waals surface area contributed by atoms with Gasteiger partial charge in [-0.05, 0) is 25.5 Å². The molecule has 1 aromatic rings. The van der Waals surface area contributed by atoms with E-state index in [2.05, 4.69) is 19.2 Å². The third kappa shape index (κ3) is 2.74. The molecule has 2 rings (SSSR count). The van der Waals surface area contributed by atoms with E-state index in [1.165, 1.54) is 12.1 Å². The number of anilines is 1. The zero-order chi connectivity index (χ0) is 14.9. The van der Waals surface area contributed by atoms with Gasteiger partial charge in [-0.2, -0.15) is 0 Å². The van der Waals surface area contributed by atoms with Crippen molar-refractivity contribution in [2.24, 2.45) is 5.41 Å². The van der Waals surface area contributed by atoms with Gasteiger partial charge < -0.3 is 10.1 Å². The van der Waals surface area contributed by atoms with E-state index in [9.17, 15) is 10.1 Å². The molecule has 0 saturated heterocycles. The predicted octanol–water partition coefficient (Wildman–Crippen LogP) is 3.86. The maximum absolute atomic E-state index is 11.0. The van der Waals surface area contributed by atoms with Crippen LogP contribution in [0.15, 0.2) is 18.2 Å². The molecule has 0 aromatic heterocycles. The van der Waals surface area contributed by atoms with Gasteiger partial charge in [-0.1, -0.05) is 25.4 Å². The first-order valence-electron chi connectivity index (χ1n) is 6.68. The summed E-state index contributed by atoms with van der Waals surface area (Å²) in [6.45, 7) is 6.85. The van der Waals surface area contributed by atoms with Gasteiger partial charge in [0.25, 0.3) is 5.69 Å². The van der Waals surface area contributed by atoms with Crippen LogP contribution in [-0.2, 0) is 4.74 Å². The molecule has 0 radical (unpaired) electrons. The van der Waals surface area contributed by atoms with Gasteiger partial charge in [0.1, 0.15) is 5.69 Å². The van der Waals surface area contributed by atoms with Crippen molar-refractivity contribution in [3.05, 3.63) is 33.3 Å². The smallest absolute Gasteiger partial charge is 0.292 e. The highest BCUT2D eigenvalue weighted by Gasteiger charge is 2.49. The van der Waals surface area contributed by atoms with Gasteiger partial charge in [0.05, 0.1) is 11.0 Å². The molecule has 6 heteroatoms. The van der Waals surface area contributed by atoms with Crippen LogP contribution in [0.4, 0.5) is 11.4 Å². The zero-order valence-corrected chi connectivity index (χ0v) is 12.6. The Balaban J connectivity index is 2.16. The molecule has 2 atom stereocenters. The fourth-order valence-electron chi connectivity index (χ4n) is 2.59. The van der Waals surface area contributed by atoms with Crippen molar-refractivity contribution in [2.75, 3.05) is 11.9 Å². The molecule has 0 bridgehead atoms. The van der Waals surface area contributed by atoms with E-state index in [-0.39, 0.29) is 23.2 Å². The molecular formula is C14H19ClN2O3. The molecule has 1 fully saturated rings. The van der Waals surface area contributed by atoms with Gasteiger partial charge in [0, 0.05) is 29.2 Å². The molecule has 5 nitrogen and oxygen atoms in total. The van der Waals surface area contributed by atoms with Crippen LogP contribution in [0.5, 0.6) is 0 Å². The van der Waals surface area contributed by atoms with Gasteiger partial charge in [-0.25, -0.2) is 0 Å². The van der Waals surface area contributed by atoms with Crippen LogP contribution >= 0.6 is 11.6 Å². The minimum atomic E-state index is -0.398. The van der Waals surface area contributed by atoms with E-state index >= 15 is 0 Å². The Labute approximate surface area is 123 Å². The number of nitro benzene ring substituents is 1. The Kier molecular flexibility index (Phi) is 4.20. The first kappa shape index (κ1) is 15.1. The highest BCUT2D eigenvalue weighted by atomic mass is 35.5. The Bertz CT molecular complexity index is 519. The molecule has 2 unspecified atom stereocenters. The maximum atomic E-state index is 11.0. The van der Waals surface area contributed by atoms with Crippen molar-refractivity contribution in [2.45, 2.75) is 39.3 Å². The second kappa shape index (κ2) is 5.58. The number of halogens is 1. The molecule has 0 heterocycles. The first-order valence-corrected chi connectivity index (χ1v) is 7.06. The summed E-state index contributed by atoms with van der Waals surface area (Å²) in [5, 5.41) is 14.8. The molecule has 0 spiro atoms. The number of hydrogen-bond donors (Lipinski definition) is 1. The Morgan fingerprint density at radius 2 is 2.25 bits per heavy atom. The monoisotopic (exact) mass is 298 g/mol. The van der Waals surface area contributed by atoms with Crippen molar-refractivity contribution < 1.29 is 9.66 Å². The Morgan fingerprint density at radius 3 is 2.80 bits per heavy atom. The molecule has 110 valence electrons. The average Bonchev–Trinajstić information content (AvgIpc) is 2.37. The summed E-state index contributed by atoms with van der Waals surface area (Å²) < 4.78 is 5.66. The topological polar surface area (TPSA) is 64.4 Å². The SMILES string of the molecule is CCOC1CC(Nc2cc(Cl)ccc2[N+](=O)[O-])C1(C)C. The second-order valence-electron chi connectivity index (χ2n) is 5.62. The van der Waals surface area contributed by atoms with Gasteiger partial charge >= 0.3 is 0 Å². The number of rotatable bonds is 5. The third-order valence-corrected chi connectivity index (χ3v) is 4.27. The van der Waals surface area contributed by atoms with E-state index < -0.39 is 4.92 Å². The summed E-state index contributed by atoms with van der Waals surface area (Å²) in [6, 6.07) is 4.69. The van der Waals surface area contributed by atoms with Gasteiger partial charge in [0.2, 0.25) is 0 Å². The Hall–Kier alpha value is -1.33. The lowest BCUT2D eigenvalue weighted by Crippen LogP contribution is -2.58. The summed E-state index contributed by atoms with van der Waals surface area (Å²) in [4.78, 5) is 10.6. The standard InChI is InChI=1S/C14H19ClN2O3/c1-4-20-13-8-12(14(13,2)3)16-10-7-9(15)5-6-11(10)17(18)19/h5-7,12-13,16H,4,8H2,1-3H3. The molecule has 1 N–H and O–H groups in total. The summed E-state index contributed by atoms with van der Waals surface area (Å²) >= 11 is 5.93. The van der Waals surface area contributed by atoms with Crippen LogP contribution in [0.2, 0.25) is 5.02 Å². The number of nitrogens with one attached hydrogen (secondary N) is 1. The minimum Gasteiger partial charge on any atom is -0.378 e. The van der Waals surface area contributed by atoms with E-state index in [1.807, 2.05) is 6.92 Å².